The molecule has 4 rings (SSSR count). The van der Waals surface area contributed by atoms with Gasteiger partial charge in [0, 0.05) is 29.4 Å². The molecule has 1 aliphatic heterocycles. The number of hydrogen-bond donors (Lipinski definition) is 2. The number of anilines is 1. The number of carbonyl (C=O) groups excluding carboxylic acids is 1. The second-order valence-corrected chi connectivity index (χ2v) is 8.75. The zero-order chi connectivity index (χ0) is 22.8. The molecule has 0 radical (unpaired) electrons. The molecule has 8 nitrogen and oxygen atoms in total. The number of fused-ring (bicyclic) bond motifs is 1. The summed E-state index contributed by atoms with van der Waals surface area (Å²) in [5, 5.41) is 3.86. The molecular weight excluding hydrogens is 430 g/mol. The van der Waals surface area contributed by atoms with Crippen LogP contribution in [-0.2, 0) is 4.79 Å². The maximum atomic E-state index is 13.3. The highest BCUT2D eigenvalue weighted by molar-refractivity contribution is 7.99. The summed E-state index contributed by atoms with van der Waals surface area (Å²) in [5.41, 5.74) is 2.32. The van der Waals surface area contributed by atoms with Crippen molar-refractivity contribution in [1.82, 2.24) is 9.97 Å². The number of methoxy groups -OCH3 is 3. The Kier molecular flexibility index (Phi) is 6.45. The molecule has 0 saturated heterocycles. The highest BCUT2D eigenvalue weighted by Gasteiger charge is 2.38. The van der Waals surface area contributed by atoms with E-state index in [9.17, 15) is 9.59 Å². The van der Waals surface area contributed by atoms with E-state index in [-0.39, 0.29) is 11.3 Å². The summed E-state index contributed by atoms with van der Waals surface area (Å²) in [6.07, 6.45) is 2.92. The smallest absolute Gasteiger partial charge is 0.257 e. The molecule has 0 fully saturated rings. The number of rotatable bonds is 7. The molecule has 0 amide bonds. The highest BCUT2D eigenvalue weighted by Crippen LogP contribution is 2.47. The molecule has 2 aromatic rings. The molecule has 0 saturated carbocycles. The van der Waals surface area contributed by atoms with Gasteiger partial charge in [0.1, 0.15) is 5.82 Å². The number of nitrogens with one attached hydrogen (secondary N) is 2. The van der Waals surface area contributed by atoms with Gasteiger partial charge in [0.2, 0.25) is 5.75 Å². The van der Waals surface area contributed by atoms with E-state index >= 15 is 0 Å². The molecule has 32 heavy (non-hydrogen) atoms. The van der Waals surface area contributed by atoms with Crippen LogP contribution < -0.4 is 25.1 Å². The van der Waals surface area contributed by atoms with E-state index in [1.807, 2.05) is 0 Å². The van der Waals surface area contributed by atoms with Crippen molar-refractivity contribution in [2.24, 2.45) is 0 Å². The van der Waals surface area contributed by atoms with Crippen molar-refractivity contribution in [3.63, 3.8) is 0 Å². The van der Waals surface area contributed by atoms with Crippen molar-refractivity contribution < 1.29 is 19.0 Å². The first-order valence-electron chi connectivity index (χ1n) is 10.6. The topological polar surface area (TPSA) is 103 Å². The van der Waals surface area contributed by atoms with Crippen LogP contribution in [0.4, 0.5) is 5.82 Å². The fraction of sp³-hybridized carbons (Fsp3) is 0.435. The number of Topliss-reactive ketones (excluding diaryl/α,β-unsaturated/α-hetero) is 1. The van der Waals surface area contributed by atoms with Crippen LogP contribution in [0, 0.1) is 0 Å². The van der Waals surface area contributed by atoms with Crippen molar-refractivity contribution in [2.45, 2.75) is 43.7 Å². The normalized spacial score (nSPS) is 17.4. The predicted molar refractivity (Wildman–Crippen MR) is 123 cm³/mol. The minimum absolute atomic E-state index is 0.0342. The van der Waals surface area contributed by atoms with E-state index in [1.54, 1.807) is 26.4 Å². The number of thioether (sulfide) groups is 1. The Morgan fingerprint density at radius 2 is 1.81 bits per heavy atom. The van der Waals surface area contributed by atoms with Gasteiger partial charge < -0.3 is 24.5 Å². The van der Waals surface area contributed by atoms with Gasteiger partial charge in [-0.15, -0.1) is 0 Å². The van der Waals surface area contributed by atoms with Crippen molar-refractivity contribution in [3.8, 4) is 17.2 Å². The lowest BCUT2D eigenvalue weighted by molar-refractivity contribution is -0.116. The van der Waals surface area contributed by atoms with Crippen LogP contribution in [0.2, 0.25) is 0 Å². The molecule has 1 atom stereocenters. The lowest BCUT2D eigenvalue weighted by atomic mass is 9.76. The number of ether oxygens (including phenoxy) is 3. The van der Waals surface area contributed by atoms with E-state index in [0.29, 0.717) is 51.3 Å². The number of nitrogens with zero attached hydrogens (tertiary/aromatic N) is 1. The molecule has 170 valence electrons. The lowest BCUT2D eigenvalue weighted by Crippen LogP contribution is -2.32. The van der Waals surface area contributed by atoms with Crippen LogP contribution in [0.5, 0.6) is 17.2 Å². The SMILES string of the molecule is CCCSc1nc2c(c(=O)[nH]1)[C@@H](c1cc(OC)c(OC)c(OC)c1)C1=C(CCCC1=O)N2. The Balaban J connectivity index is 1.95. The predicted octanol–water partition coefficient (Wildman–Crippen LogP) is 3.86. The van der Waals surface area contributed by atoms with Gasteiger partial charge in [-0.1, -0.05) is 18.7 Å². The van der Waals surface area contributed by atoms with Gasteiger partial charge in [-0.2, -0.15) is 0 Å². The standard InChI is InChI=1S/C23H27N3O5S/c1-5-9-32-23-25-21-19(22(28)26-23)17(18-13(24-21)7-6-8-14(18)27)12-10-15(29-2)20(31-4)16(11-12)30-3/h10-11,17H,5-9H2,1-4H3,(H2,24,25,26,28)/t17-/m0/s1. The summed E-state index contributed by atoms with van der Waals surface area (Å²) in [7, 11) is 4.62. The van der Waals surface area contributed by atoms with E-state index in [2.05, 4.69) is 22.2 Å². The van der Waals surface area contributed by atoms with Gasteiger partial charge >= 0.3 is 0 Å². The number of aromatic nitrogens is 2. The summed E-state index contributed by atoms with van der Waals surface area (Å²) in [5.74, 6) is 2.19. The molecule has 0 spiro atoms. The summed E-state index contributed by atoms with van der Waals surface area (Å²) in [6.45, 7) is 2.08. The fourth-order valence-electron chi connectivity index (χ4n) is 4.31. The summed E-state index contributed by atoms with van der Waals surface area (Å²) in [6, 6.07) is 3.60. The molecule has 2 N–H and O–H groups in total. The highest BCUT2D eigenvalue weighted by atomic mass is 32.2. The van der Waals surface area contributed by atoms with Gasteiger partial charge in [0.25, 0.3) is 5.56 Å². The van der Waals surface area contributed by atoms with Crippen molar-refractivity contribution in [2.75, 3.05) is 32.4 Å². The van der Waals surface area contributed by atoms with Crippen molar-refractivity contribution >= 4 is 23.4 Å². The Morgan fingerprint density at radius 3 is 2.44 bits per heavy atom. The molecule has 1 aromatic heterocycles. The van der Waals surface area contributed by atoms with E-state index in [1.165, 1.54) is 18.9 Å². The number of carbonyl (C=O) groups is 1. The number of ketones is 1. The maximum absolute atomic E-state index is 13.3. The maximum Gasteiger partial charge on any atom is 0.257 e. The van der Waals surface area contributed by atoms with E-state index in [4.69, 9.17) is 14.2 Å². The molecule has 0 unspecified atom stereocenters. The molecule has 1 aromatic carbocycles. The Morgan fingerprint density at radius 1 is 1.09 bits per heavy atom. The number of aromatic amines is 1. The molecule has 2 aliphatic rings. The zero-order valence-corrected chi connectivity index (χ0v) is 19.5. The molecule has 1 aliphatic carbocycles. The summed E-state index contributed by atoms with van der Waals surface area (Å²) < 4.78 is 16.5. The number of hydrogen-bond acceptors (Lipinski definition) is 8. The van der Waals surface area contributed by atoms with Gasteiger partial charge in [0.15, 0.2) is 22.4 Å². The Hall–Kier alpha value is -2.94. The quantitative estimate of drug-likeness (QED) is 0.477. The van der Waals surface area contributed by atoms with Gasteiger partial charge in [0.05, 0.1) is 26.9 Å². The van der Waals surface area contributed by atoms with Crippen LogP contribution in [0.15, 0.2) is 33.4 Å². The average molecular weight is 458 g/mol. The molecular formula is C23H27N3O5S. The largest absolute Gasteiger partial charge is 0.493 e. The summed E-state index contributed by atoms with van der Waals surface area (Å²) >= 11 is 1.51. The first kappa shape index (κ1) is 22.3. The third-order valence-electron chi connectivity index (χ3n) is 5.70. The Bertz CT molecular complexity index is 1120. The van der Waals surface area contributed by atoms with Gasteiger partial charge in [-0.05, 0) is 37.0 Å². The van der Waals surface area contributed by atoms with Crippen LogP contribution in [0.3, 0.4) is 0 Å². The van der Waals surface area contributed by atoms with Crippen LogP contribution in [0.1, 0.15) is 49.7 Å². The van der Waals surface area contributed by atoms with Crippen LogP contribution in [0.25, 0.3) is 0 Å². The minimum atomic E-state index is -0.579. The van der Waals surface area contributed by atoms with Crippen LogP contribution in [-0.4, -0.2) is 42.8 Å². The van der Waals surface area contributed by atoms with Gasteiger partial charge in [-0.3, -0.25) is 9.59 Å². The number of H-pyrrole nitrogens is 1. The molecule has 9 heteroatoms. The minimum Gasteiger partial charge on any atom is -0.493 e. The summed E-state index contributed by atoms with van der Waals surface area (Å²) in [4.78, 5) is 33.9. The second kappa shape index (κ2) is 9.28. The number of benzene rings is 1. The van der Waals surface area contributed by atoms with E-state index in [0.717, 1.165) is 30.7 Å². The molecule has 0 bridgehead atoms. The van der Waals surface area contributed by atoms with E-state index < -0.39 is 5.92 Å². The third kappa shape index (κ3) is 3.85. The fourth-order valence-corrected chi connectivity index (χ4v) is 5.03. The van der Waals surface area contributed by atoms with Crippen molar-refractivity contribution in [3.05, 3.63) is 44.9 Å². The third-order valence-corrected chi connectivity index (χ3v) is 6.78. The average Bonchev–Trinajstić information content (AvgIpc) is 2.80. The zero-order valence-electron chi connectivity index (χ0n) is 18.7. The lowest BCUT2D eigenvalue weighted by Gasteiger charge is -2.33. The van der Waals surface area contributed by atoms with Crippen LogP contribution >= 0.6 is 11.8 Å². The first-order valence-corrected chi connectivity index (χ1v) is 11.6. The Labute approximate surface area is 190 Å². The second-order valence-electron chi connectivity index (χ2n) is 7.67. The first-order chi connectivity index (χ1) is 15.5. The molecule has 2 heterocycles. The monoisotopic (exact) mass is 457 g/mol. The van der Waals surface area contributed by atoms with Gasteiger partial charge in [-0.25, -0.2) is 4.98 Å². The van der Waals surface area contributed by atoms with Crippen molar-refractivity contribution in [1.29, 1.82) is 0 Å². The number of allylic oxidation sites excluding steroid dienone is 2.